The number of benzene rings is 7. The van der Waals surface area contributed by atoms with Gasteiger partial charge in [-0.1, -0.05) is 103 Å². The van der Waals surface area contributed by atoms with E-state index in [1.807, 2.05) is 115 Å². The maximum absolute atomic E-state index is 9.97. The lowest BCUT2D eigenvalue weighted by Crippen LogP contribution is -2.04. The van der Waals surface area contributed by atoms with E-state index in [4.69, 9.17) is 19.4 Å². The lowest BCUT2D eigenvalue weighted by atomic mass is 9.99. The smallest absolute Gasteiger partial charge is 0.166 e. The zero-order valence-electron chi connectivity index (χ0n) is 28.6. The summed E-state index contributed by atoms with van der Waals surface area (Å²) >= 11 is 0. The number of para-hydroxylation sites is 1. The molecule has 10 rings (SSSR count). The lowest BCUT2D eigenvalue weighted by Gasteiger charge is -2.16. The van der Waals surface area contributed by atoms with Gasteiger partial charge >= 0.3 is 0 Å². The molecule has 0 aliphatic heterocycles. The zero-order chi connectivity index (χ0) is 36.2. The number of nitrogens with zero attached hydrogens (tertiary/aromatic N) is 6. The Balaban J connectivity index is 1.29. The average molecular weight is 691 g/mol. The van der Waals surface area contributed by atoms with E-state index in [2.05, 4.69) is 59.2 Å². The minimum absolute atomic E-state index is 0.479. The molecule has 54 heavy (non-hydrogen) atoms. The van der Waals surface area contributed by atoms with Gasteiger partial charge in [-0.2, -0.15) is 10.5 Å². The van der Waals surface area contributed by atoms with Crippen molar-refractivity contribution in [3.63, 3.8) is 0 Å². The first-order valence-corrected chi connectivity index (χ1v) is 17.5. The molecule has 3 aromatic heterocycles. The minimum Gasteiger partial charge on any atom is -0.456 e. The van der Waals surface area contributed by atoms with Gasteiger partial charge in [-0.25, -0.2) is 15.0 Å². The van der Waals surface area contributed by atoms with Crippen LogP contribution < -0.4 is 0 Å². The van der Waals surface area contributed by atoms with Crippen molar-refractivity contribution in [3.05, 3.63) is 169 Å². The Labute approximate surface area is 309 Å². The summed E-state index contributed by atoms with van der Waals surface area (Å²) in [5.41, 5.74) is 9.53. The summed E-state index contributed by atoms with van der Waals surface area (Å²) in [5.74, 6) is 1.56. The first kappa shape index (κ1) is 30.9. The molecule has 10 aromatic rings. The van der Waals surface area contributed by atoms with Gasteiger partial charge in [0, 0.05) is 38.2 Å². The van der Waals surface area contributed by atoms with E-state index in [1.165, 1.54) is 0 Å². The van der Waals surface area contributed by atoms with Gasteiger partial charge in [-0.05, 0) is 65.7 Å². The molecule has 7 heteroatoms. The number of nitriles is 2. The van der Waals surface area contributed by atoms with Crippen LogP contribution in [0, 0.1) is 22.7 Å². The largest absolute Gasteiger partial charge is 0.456 e. The highest BCUT2D eigenvalue weighted by Crippen LogP contribution is 2.40. The van der Waals surface area contributed by atoms with Crippen LogP contribution in [0.4, 0.5) is 0 Å². The van der Waals surface area contributed by atoms with Crippen LogP contribution >= 0.6 is 0 Å². The van der Waals surface area contributed by atoms with Crippen molar-refractivity contribution >= 4 is 43.7 Å². The van der Waals surface area contributed by atoms with Gasteiger partial charge in [0.05, 0.1) is 40.0 Å². The minimum atomic E-state index is 0.479. The second kappa shape index (κ2) is 12.4. The fourth-order valence-electron chi connectivity index (χ4n) is 7.34. The van der Waals surface area contributed by atoms with E-state index < -0.39 is 0 Å². The van der Waals surface area contributed by atoms with Gasteiger partial charge in [-0.3, -0.25) is 0 Å². The molecular weight excluding hydrogens is 665 g/mol. The summed E-state index contributed by atoms with van der Waals surface area (Å²) in [5, 5.41) is 24.0. The number of hydrogen-bond acceptors (Lipinski definition) is 6. The third kappa shape index (κ3) is 5.08. The SMILES string of the molecule is N#Cc1ccc2c3ccc(C#N)cc3n(-c3ccc(-c4ccc5c(c4)oc4ccccc45)cc3-c3nc(-c4ccccc4)nc(-c4ccccc4)n3)c2c1. The molecule has 7 nitrogen and oxygen atoms in total. The monoisotopic (exact) mass is 690 g/mol. The zero-order valence-corrected chi connectivity index (χ0v) is 28.6. The van der Waals surface area contributed by atoms with E-state index in [9.17, 15) is 10.5 Å². The van der Waals surface area contributed by atoms with Gasteiger partial charge in [0.15, 0.2) is 17.5 Å². The molecule has 0 atom stereocenters. The summed E-state index contributed by atoms with van der Waals surface area (Å²) in [6, 6.07) is 56.4. The average Bonchev–Trinajstić information content (AvgIpc) is 3.78. The van der Waals surface area contributed by atoms with Crippen molar-refractivity contribution < 1.29 is 4.42 Å². The molecule has 250 valence electrons. The van der Waals surface area contributed by atoms with Gasteiger partial charge in [0.2, 0.25) is 0 Å². The second-order valence-corrected chi connectivity index (χ2v) is 13.1. The summed E-state index contributed by atoms with van der Waals surface area (Å²) in [4.78, 5) is 15.3. The molecule has 0 saturated heterocycles. The molecule has 0 amide bonds. The third-order valence-corrected chi connectivity index (χ3v) is 9.92. The van der Waals surface area contributed by atoms with Crippen molar-refractivity contribution in [3.8, 4) is 63.1 Å². The second-order valence-electron chi connectivity index (χ2n) is 13.1. The molecule has 0 aliphatic rings. The predicted molar refractivity (Wildman–Crippen MR) is 213 cm³/mol. The molecule has 0 radical (unpaired) electrons. The standard InChI is InChI=1S/C47H26N6O/c48-27-29-15-19-35-36-20-16-30(28-49)24-42(36)53(41(35)23-29)40-22-18-33(34-17-21-38-37-13-7-8-14-43(37)54-44(38)26-34)25-39(40)47-51-45(31-9-3-1-4-10-31)50-46(52-47)32-11-5-2-6-12-32/h1-26H. The molecule has 0 fully saturated rings. The van der Waals surface area contributed by atoms with Crippen LogP contribution in [-0.2, 0) is 0 Å². The lowest BCUT2D eigenvalue weighted by molar-refractivity contribution is 0.669. The van der Waals surface area contributed by atoms with Crippen LogP contribution in [0.15, 0.2) is 162 Å². The topological polar surface area (TPSA) is 104 Å². The number of aromatic nitrogens is 4. The van der Waals surface area contributed by atoms with E-state index in [1.54, 1.807) is 0 Å². The van der Waals surface area contributed by atoms with Crippen LogP contribution in [0.3, 0.4) is 0 Å². The molecule has 7 aromatic carbocycles. The highest BCUT2D eigenvalue weighted by atomic mass is 16.3. The Morgan fingerprint density at radius 2 is 0.944 bits per heavy atom. The number of hydrogen-bond donors (Lipinski definition) is 0. The molecule has 0 saturated carbocycles. The van der Waals surface area contributed by atoms with E-state index >= 15 is 0 Å². The first-order valence-electron chi connectivity index (χ1n) is 17.5. The van der Waals surface area contributed by atoms with E-state index in [0.29, 0.717) is 28.6 Å². The van der Waals surface area contributed by atoms with Crippen molar-refractivity contribution in [1.29, 1.82) is 10.5 Å². The van der Waals surface area contributed by atoms with Crippen LogP contribution in [0.5, 0.6) is 0 Å². The highest BCUT2D eigenvalue weighted by molar-refractivity contribution is 6.10. The maximum atomic E-state index is 9.97. The number of rotatable bonds is 5. The van der Waals surface area contributed by atoms with Gasteiger partial charge < -0.3 is 8.98 Å². The number of fused-ring (bicyclic) bond motifs is 6. The Morgan fingerprint density at radius 1 is 0.426 bits per heavy atom. The van der Waals surface area contributed by atoms with Gasteiger partial charge in [0.25, 0.3) is 0 Å². The van der Waals surface area contributed by atoms with Gasteiger partial charge in [-0.15, -0.1) is 0 Å². The normalized spacial score (nSPS) is 11.3. The summed E-state index contributed by atoms with van der Waals surface area (Å²) in [7, 11) is 0. The molecule has 0 aliphatic carbocycles. The predicted octanol–water partition coefficient (Wildman–Crippen LogP) is 11.3. The van der Waals surface area contributed by atoms with Crippen LogP contribution in [-0.4, -0.2) is 19.5 Å². The Morgan fingerprint density at radius 3 is 1.57 bits per heavy atom. The summed E-state index contributed by atoms with van der Waals surface area (Å²) in [6.45, 7) is 0. The van der Waals surface area contributed by atoms with Crippen LogP contribution in [0.25, 0.3) is 94.7 Å². The van der Waals surface area contributed by atoms with Crippen molar-refractivity contribution in [2.45, 2.75) is 0 Å². The van der Waals surface area contributed by atoms with Crippen molar-refractivity contribution in [2.75, 3.05) is 0 Å². The Kier molecular flexibility index (Phi) is 7.11. The fraction of sp³-hybridized carbons (Fsp3) is 0. The molecule has 0 N–H and O–H groups in total. The molecule has 0 unspecified atom stereocenters. The highest BCUT2D eigenvalue weighted by Gasteiger charge is 2.21. The van der Waals surface area contributed by atoms with E-state index in [0.717, 1.165) is 77.2 Å². The summed E-state index contributed by atoms with van der Waals surface area (Å²) in [6.07, 6.45) is 0. The maximum Gasteiger partial charge on any atom is 0.166 e. The van der Waals surface area contributed by atoms with Crippen molar-refractivity contribution in [2.24, 2.45) is 0 Å². The van der Waals surface area contributed by atoms with Crippen molar-refractivity contribution in [1.82, 2.24) is 19.5 Å². The summed E-state index contributed by atoms with van der Waals surface area (Å²) < 4.78 is 8.40. The van der Waals surface area contributed by atoms with Crippen LogP contribution in [0.1, 0.15) is 11.1 Å². The van der Waals surface area contributed by atoms with Crippen LogP contribution in [0.2, 0.25) is 0 Å². The first-order chi connectivity index (χ1) is 26.6. The molecule has 3 heterocycles. The molecular formula is C47H26N6O. The van der Waals surface area contributed by atoms with Gasteiger partial charge in [0.1, 0.15) is 11.2 Å². The Hall–Kier alpha value is -7.87. The quantitative estimate of drug-likeness (QED) is 0.178. The third-order valence-electron chi connectivity index (χ3n) is 9.92. The number of furan rings is 1. The van der Waals surface area contributed by atoms with E-state index in [-0.39, 0.29) is 0 Å². The molecule has 0 spiro atoms. The Bertz CT molecular complexity index is 3060. The fourth-order valence-corrected chi connectivity index (χ4v) is 7.34. The molecule has 0 bridgehead atoms.